The molecule has 0 radical (unpaired) electrons. The van der Waals surface area contributed by atoms with Crippen molar-refractivity contribution in [3.63, 3.8) is 0 Å². The molecule has 0 amide bonds. The van der Waals surface area contributed by atoms with E-state index in [0.717, 1.165) is 11.3 Å². The van der Waals surface area contributed by atoms with Gasteiger partial charge in [-0.25, -0.2) is 0 Å². The zero-order chi connectivity index (χ0) is 8.81. The number of hydrogen-bond donors (Lipinski definition) is 1. The van der Waals surface area contributed by atoms with Crippen LogP contribution in [-0.4, -0.2) is 12.4 Å². The van der Waals surface area contributed by atoms with E-state index in [2.05, 4.69) is 4.99 Å². The molecule has 0 heterocycles. The summed E-state index contributed by atoms with van der Waals surface area (Å²) in [5.41, 5.74) is 2.12. The predicted octanol–water partition coefficient (Wildman–Crippen LogP) is 2.60. The molecule has 0 spiro atoms. The molecule has 2 nitrogen and oxygen atoms in total. The van der Waals surface area contributed by atoms with Crippen LogP contribution in [0.5, 0.6) is 0 Å². The first-order valence-corrected chi connectivity index (χ1v) is 3.93. The number of benzene rings is 1. The molecule has 1 aromatic carbocycles. The van der Waals surface area contributed by atoms with Crippen molar-refractivity contribution in [1.29, 1.82) is 5.41 Å². The molecule has 0 saturated heterocycles. The van der Waals surface area contributed by atoms with Crippen molar-refractivity contribution < 1.29 is 0 Å². The maximum atomic E-state index is 6.92. The SMILES string of the molecule is CC=Nc1ccc(CC=N)cc1. The predicted molar refractivity (Wildman–Crippen MR) is 52.8 cm³/mol. The van der Waals surface area contributed by atoms with E-state index >= 15 is 0 Å². The molecule has 2 heteroatoms. The van der Waals surface area contributed by atoms with Gasteiger partial charge >= 0.3 is 0 Å². The first-order valence-electron chi connectivity index (χ1n) is 3.93. The van der Waals surface area contributed by atoms with E-state index in [-0.39, 0.29) is 0 Å². The topological polar surface area (TPSA) is 36.2 Å². The third-order valence-electron chi connectivity index (χ3n) is 1.55. The molecule has 1 aromatic rings. The lowest BCUT2D eigenvalue weighted by atomic mass is 10.1. The van der Waals surface area contributed by atoms with Crippen LogP contribution in [0.4, 0.5) is 5.69 Å². The van der Waals surface area contributed by atoms with Gasteiger partial charge in [-0.1, -0.05) is 12.1 Å². The fourth-order valence-corrected chi connectivity index (χ4v) is 0.985. The summed E-state index contributed by atoms with van der Waals surface area (Å²) in [7, 11) is 0. The van der Waals surface area contributed by atoms with E-state index in [0.29, 0.717) is 6.42 Å². The Kier molecular flexibility index (Phi) is 3.20. The van der Waals surface area contributed by atoms with Crippen LogP contribution in [-0.2, 0) is 6.42 Å². The molecule has 62 valence electrons. The van der Waals surface area contributed by atoms with Gasteiger partial charge in [0.05, 0.1) is 5.69 Å². The van der Waals surface area contributed by atoms with Gasteiger partial charge in [0.1, 0.15) is 0 Å². The lowest BCUT2D eigenvalue weighted by molar-refractivity contribution is 1.32. The third kappa shape index (κ3) is 2.31. The van der Waals surface area contributed by atoms with E-state index in [1.54, 1.807) is 6.21 Å². The van der Waals surface area contributed by atoms with Gasteiger partial charge in [0.25, 0.3) is 0 Å². The van der Waals surface area contributed by atoms with Crippen molar-refractivity contribution in [3.05, 3.63) is 29.8 Å². The summed E-state index contributed by atoms with van der Waals surface area (Å²) in [5.74, 6) is 0. The van der Waals surface area contributed by atoms with E-state index in [9.17, 15) is 0 Å². The molecular weight excluding hydrogens is 148 g/mol. The molecular formula is C10H12N2. The lowest BCUT2D eigenvalue weighted by Crippen LogP contribution is -1.82. The van der Waals surface area contributed by atoms with Crippen molar-refractivity contribution in [3.8, 4) is 0 Å². The minimum absolute atomic E-state index is 0.704. The average molecular weight is 160 g/mol. The van der Waals surface area contributed by atoms with Crippen LogP contribution in [0.25, 0.3) is 0 Å². The molecule has 0 aliphatic carbocycles. The van der Waals surface area contributed by atoms with Crippen molar-refractivity contribution >= 4 is 18.1 Å². The highest BCUT2D eigenvalue weighted by molar-refractivity contribution is 5.61. The molecule has 0 aromatic heterocycles. The van der Waals surface area contributed by atoms with Crippen molar-refractivity contribution in [2.24, 2.45) is 4.99 Å². The monoisotopic (exact) mass is 160 g/mol. The van der Waals surface area contributed by atoms with E-state index in [1.807, 2.05) is 31.2 Å². The summed E-state index contributed by atoms with van der Waals surface area (Å²) in [4.78, 5) is 4.13. The second-order valence-electron chi connectivity index (χ2n) is 2.46. The Balaban J connectivity index is 2.77. The van der Waals surface area contributed by atoms with Gasteiger partial charge in [0.2, 0.25) is 0 Å². The van der Waals surface area contributed by atoms with Crippen molar-refractivity contribution in [2.45, 2.75) is 13.3 Å². The van der Waals surface area contributed by atoms with Gasteiger partial charge in [-0.3, -0.25) is 4.99 Å². The van der Waals surface area contributed by atoms with Crippen molar-refractivity contribution in [1.82, 2.24) is 0 Å². The highest BCUT2D eigenvalue weighted by Crippen LogP contribution is 2.12. The first kappa shape index (κ1) is 8.65. The summed E-state index contributed by atoms with van der Waals surface area (Å²) < 4.78 is 0. The largest absolute Gasteiger partial charge is 0.313 e. The summed E-state index contributed by atoms with van der Waals surface area (Å²) in [6.07, 6.45) is 3.87. The maximum Gasteiger partial charge on any atom is 0.0625 e. The van der Waals surface area contributed by atoms with Gasteiger partial charge in [-0.05, 0) is 30.8 Å². The van der Waals surface area contributed by atoms with Crippen LogP contribution in [0.3, 0.4) is 0 Å². The Labute approximate surface area is 72.5 Å². The van der Waals surface area contributed by atoms with E-state index in [1.165, 1.54) is 6.21 Å². The normalized spacial score (nSPS) is 10.4. The summed E-state index contributed by atoms with van der Waals surface area (Å²) in [5, 5.41) is 6.92. The molecule has 0 bridgehead atoms. The van der Waals surface area contributed by atoms with Crippen LogP contribution < -0.4 is 0 Å². The quantitative estimate of drug-likeness (QED) is 0.660. The van der Waals surface area contributed by atoms with Gasteiger partial charge in [0, 0.05) is 12.6 Å². The Bertz CT molecular complexity index is 272. The van der Waals surface area contributed by atoms with Crippen LogP contribution in [0.2, 0.25) is 0 Å². The third-order valence-corrected chi connectivity index (χ3v) is 1.55. The molecule has 1 rings (SSSR count). The zero-order valence-electron chi connectivity index (χ0n) is 7.12. The molecule has 0 unspecified atom stereocenters. The minimum Gasteiger partial charge on any atom is -0.313 e. The van der Waals surface area contributed by atoms with Crippen LogP contribution in [0, 0.1) is 5.41 Å². The van der Waals surface area contributed by atoms with Gasteiger partial charge in [0.15, 0.2) is 0 Å². The Morgan fingerprint density at radius 2 is 2.00 bits per heavy atom. The molecule has 0 saturated carbocycles. The van der Waals surface area contributed by atoms with E-state index in [4.69, 9.17) is 5.41 Å². The highest BCUT2D eigenvalue weighted by atomic mass is 14.7. The second kappa shape index (κ2) is 4.44. The Hall–Kier alpha value is -1.44. The van der Waals surface area contributed by atoms with Gasteiger partial charge in [-0.15, -0.1) is 0 Å². The van der Waals surface area contributed by atoms with Crippen LogP contribution in [0.1, 0.15) is 12.5 Å². The first-order chi connectivity index (χ1) is 5.86. The molecule has 0 fully saturated rings. The fraction of sp³-hybridized carbons (Fsp3) is 0.200. The Morgan fingerprint density at radius 1 is 1.33 bits per heavy atom. The summed E-state index contributed by atoms with van der Waals surface area (Å²) in [6, 6.07) is 7.90. The van der Waals surface area contributed by atoms with Gasteiger partial charge in [-0.2, -0.15) is 0 Å². The van der Waals surface area contributed by atoms with Gasteiger partial charge < -0.3 is 5.41 Å². The van der Waals surface area contributed by atoms with Crippen LogP contribution in [0.15, 0.2) is 29.3 Å². The number of nitrogens with one attached hydrogen (secondary N) is 1. The standard InChI is InChI=1S/C10H12N2/c1-2-12-10-5-3-9(4-6-10)7-8-11/h2-6,8,11H,7H2,1H3. The molecule has 1 N–H and O–H groups in total. The fourth-order valence-electron chi connectivity index (χ4n) is 0.985. The number of nitrogens with zero attached hydrogens (tertiary/aromatic N) is 1. The summed E-state index contributed by atoms with van der Waals surface area (Å²) in [6.45, 7) is 1.89. The molecule has 0 atom stereocenters. The molecule has 0 aliphatic heterocycles. The zero-order valence-corrected chi connectivity index (χ0v) is 7.12. The van der Waals surface area contributed by atoms with E-state index < -0.39 is 0 Å². The summed E-state index contributed by atoms with van der Waals surface area (Å²) >= 11 is 0. The number of rotatable bonds is 3. The molecule has 0 aliphatic rings. The lowest BCUT2D eigenvalue weighted by Gasteiger charge is -1.95. The number of hydrogen-bond acceptors (Lipinski definition) is 2. The second-order valence-corrected chi connectivity index (χ2v) is 2.46. The minimum atomic E-state index is 0.704. The maximum absolute atomic E-state index is 6.92. The van der Waals surface area contributed by atoms with Crippen LogP contribution >= 0.6 is 0 Å². The highest BCUT2D eigenvalue weighted by Gasteiger charge is 1.89. The smallest absolute Gasteiger partial charge is 0.0625 e. The average Bonchev–Trinajstić information content (AvgIpc) is 2.09. The number of aliphatic imine (C=N–C) groups is 1. The molecule has 12 heavy (non-hydrogen) atoms. The Morgan fingerprint density at radius 3 is 2.50 bits per heavy atom. The van der Waals surface area contributed by atoms with Crippen molar-refractivity contribution in [2.75, 3.05) is 0 Å².